The predicted octanol–water partition coefficient (Wildman–Crippen LogP) is 2.68. The summed E-state index contributed by atoms with van der Waals surface area (Å²) in [4.78, 5) is 9.48. The fourth-order valence-corrected chi connectivity index (χ4v) is 3.60. The van der Waals surface area contributed by atoms with Gasteiger partial charge in [0.25, 0.3) is 0 Å². The smallest absolute Gasteiger partial charge is 0.162 e. The molecule has 4 nitrogen and oxygen atoms in total. The summed E-state index contributed by atoms with van der Waals surface area (Å²) in [6.45, 7) is 5.93. The summed E-state index contributed by atoms with van der Waals surface area (Å²) in [5, 5.41) is 3.37. The number of thioether (sulfide) groups is 1. The van der Waals surface area contributed by atoms with Gasteiger partial charge in [-0.25, -0.2) is 9.97 Å². The Balaban J connectivity index is 2.03. The van der Waals surface area contributed by atoms with Gasteiger partial charge in [-0.3, -0.25) is 0 Å². The maximum atomic E-state index is 5.86. The Morgan fingerprint density at radius 3 is 3.00 bits per heavy atom. The monoisotopic (exact) mass is 265 g/mol. The SMILES string of the molecule is CCNc1nc(C2(C)CCCO2)nc2c1CSC2. The molecule has 1 aromatic rings. The van der Waals surface area contributed by atoms with Crippen molar-refractivity contribution < 1.29 is 4.74 Å². The van der Waals surface area contributed by atoms with Crippen LogP contribution in [0.15, 0.2) is 0 Å². The van der Waals surface area contributed by atoms with Gasteiger partial charge in [0.05, 0.1) is 5.69 Å². The summed E-state index contributed by atoms with van der Waals surface area (Å²) in [6, 6.07) is 0. The Morgan fingerprint density at radius 2 is 2.28 bits per heavy atom. The lowest BCUT2D eigenvalue weighted by Gasteiger charge is -2.23. The quantitative estimate of drug-likeness (QED) is 0.910. The second kappa shape index (κ2) is 4.70. The Bertz CT molecular complexity index is 458. The van der Waals surface area contributed by atoms with E-state index >= 15 is 0 Å². The van der Waals surface area contributed by atoms with Crippen LogP contribution in [0.2, 0.25) is 0 Å². The first-order valence-electron chi connectivity index (χ1n) is 6.59. The molecule has 1 unspecified atom stereocenters. The maximum Gasteiger partial charge on any atom is 0.162 e. The van der Waals surface area contributed by atoms with E-state index < -0.39 is 0 Å². The van der Waals surface area contributed by atoms with Crippen molar-refractivity contribution in [3.63, 3.8) is 0 Å². The van der Waals surface area contributed by atoms with Crippen molar-refractivity contribution in [3.05, 3.63) is 17.1 Å². The molecule has 18 heavy (non-hydrogen) atoms. The fraction of sp³-hybridized carbons (Fsp3) is 0.692. The van der Waals surface area contributed by atoms with Crippen molar-refractivity contribution in [2.24, 2.45) is 0 Å². The van der Waals surface area contributed by atoms with Gasteiger partial charge in [-0.05, 0) is 26.7 Å². The topological polar surface area (TPSA) is 47.0 Å². The van der Waals surface area contributed by atoms with Crippen LogP contribution in [0, 0.1) is 0 Å². The maximum absolute atomic E-state index is 5.86. The molecule has 0 spiro atoms. The summed E-state index contributed by atoms with van der Waals surface area (Å²) in [6.07, 6.45) is 2.12. The van der Waals surface area contributed by atoms with Crippen molar-refractivity contribution in [2.75, 3.05) is 18.5 Å². The number of nitrogens with zero attached hydrogens (tertiary/aromatic N) is 2. The molecule has 0 bridgehead atoms. The number of aromatic nitrogens is 2. The first-order chi connectivity index (χ1) is 8.73. The molecule has 98 valence electrons. The molecule has 0 amide bonds. The molecule has 0 aliphatic carbocycles. The lowest BCUT2D eigenvalue weighted by atomic mass is 10.0. The van der Waals surface area contributed by atoms with E-state index in [4.69, 9.17) is 14.7 Å². The van der Waals surface area contributed by atoms with E-state index in [2.05, 4.69) is 19.2 Å². The number of hydrogen-bond donors (Lipinski definition) is 1. The highest BCUT2D eigenvalue weighted by Crippen LogP contribution is 2.38. The number of fused-ring (bicyclic) bond motifs is 1. The molecule has 2 aliphatic heterocycles. The van der Waals surface area contributed by atoms with E-state index in [0.29, 0.717) is 0 Å². The van der Waals surface area contributed by atoms with Crippen LogP contribution < -0.4 is 5.32 Å². The highest BCUT2D eigenvalue weighted by molar-refractivity contribution is 7.98. The molecular weight excluding hydrogens is 246 g/mol. The summed E-state index contributed by atoms with van der Waals surface area (Å²) in [5.74, 6) is 3.89. The van der Waals surface area contributed by atoms with Crippen LogP contribution in [-0.4, -0.2) is 23.1 Å². The highest BCUT2D eigenvalue weighted by atomic mass is 32.2. The Hall–Kier alpha value is -0.810. The van der Waals surface area contributed by atoms with Crippen molar-refractivity contribution in [2.45, 2.75) is 43.8 Å². The number of anilines is 1. The van der Waals surface area contributed by atoms with Gasteiger partial charge in [-0.1, -0.05) is 0 Å². The molecule has 1 fully saturated rings. The van der Waals surface area contributed by atoms with Gasteiger partial charge in [0.15, 0.2) is 5.82 Å². The zero-order valence-corrected chi connectivity index (χ0v) is 11.8. The van der Waals surface area contributed by atoms with E-state index in [-0.39, 0.29) is 5.60 Å². The van der Waals surface area contributed by atoms with Gasteiger partial charge >= 0.3 is 0 Å². The van der Waals surface area contributed by atoms with Crippen LogP contribution in [0.3, 0.4) is 0 Å². The average molecular weight is 265 g/mol. The molecule has 0 saturated carbocycles. The third kappa shape index (κ3) is 1.99. The average Bonchev–Trinajstić information content (AvgIpc) is 2.98. The summed E-state index contributed by atoms with van der Waals surface area (Å²) in [5.41, 5.74) is 2.19. The van der Waals surface area contributed by atoms with Gasteiger partial charge in [0.2, 0.25) is 0 Å². The first-order valence-corrected chi connectivity index (χ1v) is 7.74. The van der Waals surface area contributed by atoms with E-state index in [1.807, 2.05) is 11.8 Å². The van der Waals surface area contributed by atoms with Crippen molar-refractivity contribution in [3.8, 4) is 0 Å². The van der Waals surface area contributed by atoms with Crippen LogP contribution in [0.5, 0.6) is 0 Å². The lowest BCUT2D eigenvalue weighted by molar-refractivity contribution is 0.00929. The van der Waals surface area contributed by atoms with Gasteiger partial charge < -0.3 is 10.1 Å². The second-order valence-electron chi connectivity index (χ2n) is 5.03. The number of ether oxygens (including phenoxy) is 1. The Labute approximate surface area is 112 Å². The van der Waals surface area contributed by atoms with Crippen molar-refractivity contribution in [1.82, 2.24) is 9.97 Å². The first kappa shape index (κ1) is 12.2. The normalized spacial score (nSPS) is 26.3. The molecule has 0 radical (unpaired) electrons. The molecule has 1 atom stereocenters. The predicted molar refractivity (Wildman–Crippen MR) is 73.7 cm³/mol. The van der Waals surface area contributed by atoms with E-state index in [1.165, 1.54) is 11.3 Å². The van der Waals surface area contributed by atoms with E-state index in [1.54, 1.807) is 0 Å². The summed E-state index contributed by atoms with van der Waals surface area (Å²) >= 11 is 1.91. The largest absolute Gasteiger partial charge is 0.370 e. The van der Waals surface area contributed by atoms with Crippen LogP contribution in [-0.2, 0) is 21.8 Å². The fourth-order valence-electron chi connectivity index (χ4n) is 2.56. The molecule has 3 heterocycles. The molecule has 5 heteroatoms. The minimum atomic E-state index is -0.285. The Morgan fingerprint density at radius 1 is 1.39 bits per heavy atom. The van der Waals surface area contributed by atoms with E-state index in [9.17, 15) is 0 Å². The third-order valence-corrected chi connectivity index (χ3v) is 4.58. The number of rotatable bonds is 3. The van der Waals surface area contributed by atoms with Crippen molar-refractivity contribution >= 4 is 17.6 Å². The molecule has 3 rings (SSSR count). The molecule has 2 aliphatic rings. The highest BCUT2D eigenvalue weighted by Gasteiger charge is 2.36. The zero-order valence-electron chi connectivity index (χ0n) is 11.0. The minimum absolute atomic E-state index is 0.285. The molecule has 1 saturated heterocycles. The molecular formula is C13H19N3OS. The van der Waals surface area contributed by atoms with Crippen molar-refractivity contribution in [1.29, 1.82) is 0 Å². The Kier molecular flexibility index (Phi) is 3.20. The van der Waals surface area contributed by atoms with E-state index in [0.717, 1.165) is 49.1 Å². The van der Waals surface area contributed by atoms with Crippen LogP contribution >= 0.6 is 11.8 Å². The van der Waals surface area contributed by atoms with Crippen LogP contribution in [0.25, 0.3) is 0 Å². The van der Waals surface area contributed by atoms with Gasteiger partial charge in [-0.15, -0.1) is 0 Å². The zero-order chi connectivity index (χ0) is 12.6. The lowest BCUT2D eigenvalue weighted by Crippen LogP contribution is -2.25. The summed E-state index contributed by atoms with van der Waals surface area (Å²) < 4.78 is 5.86. The van der Waals surface area contributed by atoms with Gasteiger partial charge in [0.1, 0.15) is 11.4 Å². The summed E-state index contributed by atoms with van der Waals surface area (Å²) in [7, 11) is 0. The standard InChI is InChI=1S/C13H19N3OS/c1-3-14-11-9-7-18-8-10(9)15-12(16-11)13(2)5-4-6-17-13/h3-8H2,1-2H3,(H,14,15,16). The molecule has 1 aromatic heterocycles. The number of hydrogen-bond acceptors (Lipinski definition) is 5. The van der Waals surface area contributed by atoms with Crippen LogP contribution in [0.1, 0.15) is 43.8 Å². The second-order valence-corrected chi connectivity index (χ2v) is 6.01. The minimum Gasteiger partial charge on any atom is -0.370 e. The molecule has 1 N–H and O–H groups in total. The molecule has 0 aromatic carbocycles. The van der Waals surface area contributed by atoms with Gasteiger partial charge in [-0.2, -0.15) is 11.8 Å². The van der Waals surface area contributed by atoms with Crippen LogP contribution in [0.4, 0.5) is 5.82 Å². The third-order valence-electron chi connectivity index (χ3n) is 3.61. The number of nitrogens with one attached hydrogen (secondary N) is 1. The van der Waals surface area contributed by atoms with Gasteiger partial charge in [0, 0.05) is 30.2 Å².